The van der Waals surface area contributed by atoms with Crippen LogP contribution >= 0.6 is 0 Å². The van der Waals surface area contributed by atoms with Crippen molar-refractivity contribution in [2.45, 2.75) is 0 Å². The van der Waals surface area contributed by atoms with Crippen LogP contribution in [0.2, 0.25) is 0 Å². The topological polar surface area (TPSA) is 95.8 Å². The number of carbonyl (C=O) groups is 1. The molecule has 0 saturated carbocycles. The van der Waals surface area contributed by atoms with E-state index in [1.807, 2.05) is 78.9 Å². The van der Waals surface area contributed by atoms with Gasteiger partial charge in [0.2, 0.25) is 5.89 Å². The molecule has 0 saturated heterocycles. The standard InChI is InChI=1S/C23H17N5O2/c29-23(25-16-8-2-1-3-9-16)26-17-10-6-7-15(13-17)21-18(14-24-28-21)22-27-19-11-4-5-12-20(19)30-22/h1-14H,(H,24,28)(H2,25,26,29). The van der Waals surface area contributed by atoms with Crippen LogP contribution in [-0.4, -0.2) is 21.2 Å². The van der Waals surface area contributed by atoms with Gasteiger partial charge in [-0.25, -0.2) is 9.78 Å². The molecular formula is C23H17N5O2. The van der Waals surface area contributed by atoms with E-state index in [2.05, 4.69) is 25.8 Å². The van der Waals surface area contributed by atoms with Crippen molar-refractivity contribution in [3.05, 3.63) is 85.1 Å². The summed E-state index contributed by atoms with van der Waals surface area (Å²) in [4.78, 5) is 16.9. The fourth-order valence-electron chi connectivity index (χ4n) is 3.22. The van der Waals surface area contributed by atoms with Crippen LogP contribution in [0.15, 0.2) is 89.5 Å². The molecule has 5 aromatic rings. The van der Waals surface area contributed by atoms with Gasteiger partial charge < -0.3 is 15.1 Å². The predicted molar refractivity (Wildman–Crippen MR) is 116 cm³/mol. The lowest BCUT2D eigenvalue weighted by Crippen LogP contribution is -2.19. The van der Waals surface area contributed by atoms with Crippen molar-refractivity contribution < 1.29 is 9.21 Å². The van der Waals surface area contributed by atoms with E-state index in [0.29, 0.717) is 17.2 Å². The number of amides is 2. The van der Waals surface area contributed by atoms with Crippen molar-refractivity contribution in [3.63, 3.8) is 0 Å². The number of urea groups is 1. The van der Waals surface area contributed by atoms with Gasteiger partial charge in [0.15, 0.2) is 5.58 Å². The molecule has 7 heteroatoms. The normalized spacial score (nSPS) is 10.8. The number of carbonyl (C=O) groups excluding carboxylic acids is 1. The lowest BCUT2D eigenvalue weighted by Gasteiger charge is -2.09. The minimum absolute atomic E-state index is 0.317. The van der Waals surface area contributed by atoms with Crippen LogP contribution in [-0.2, 0) is 0 Å². The molecular weight excluding hydrogens is 378 g/mol. The summed E-state index contributed by atoms with van der Waals surface area (Å²) in [5, 5.41) is 12.8. The molecule has 0 fully saturated rings. The summed E-state index contributed by atoms with van der Waals surface area (Å²) < 4.78 is 5.88. The number of oxazole rings is 1. The monoisotopic (exact) mass is 395 g/mol. The highest BCUT2D eigenvalue weighted by atomic mass is 16.3. The van der Waals surface area contributed by atoms with Crippen LogP contribution in [0.5, 0.6) is 0 Å². The molecule has 0 spiro atoms. The number of rotatable bonds is 4. The van der Waals surface area contributed by atoms with Gasteiger partial charge in [0.1, 0.15) is 5.52 Å². The van der Waals surface area contributed by atoms with Gasteiger partial charge in [-0.1, -0.05) is 42.5 Å². The van der Waals surface area contributed by atoms with Crippen LogP contribution in [0, 0.1) is 0 Å². The van der Waals surface area contributed by atoms with Gasteiger partial charge in [0.05, 0.1) is 17.5 Å². The Kier molecular flexibility index (Phi) is 4.46. The molecule has 0 aliphatic carbocycles. The number of benzene rings is 3. The molecule has 2 aromatic heterocycles. The number of aromatic nitrogens is 3. The molecule has 146 valence electrons. The Labute approximate surface area is 171 Å². The van der Waals surface area contributed by atoms with Gasteiger partial charge in [0.25, 0.3) is 0 Å². The molecule has 7 nitrogen and oxygen atoms in total. The summed E-state index contributed by atoms with van der Waals surface area (Å²) >= 11 is 0. The van der Waals surface area contributed by atoms with E-state index in [-0.39, 0.29) is 6.03 Å². The third kappa shape index (κ3) is 3.51. The summed E-state index contributed by atoms with van der Waals surface area (Å²) in [6.45, 7) is 0. The minimum Gasteiger partial charge on any atom is -0.436 e. The molecule has 0 aliphatic heterocycles. The van der Waals surface area contributed by atoms with Crippen molar-refractivity contribution in [1.82, 2.24) is 15.2 Å². The van der Waals surface area contributed by atoms with Crippen LogP contribution in [0.4, 0.5) is 16.2 Å². The largest absolute Gasteiger partial charge is 0.436 e. The molecule has 5 rings (SSSR count). The molecule has 30 heavy (non-hydrogen) atoms. The minimum atomic E-state index is -0.317. The first-order valence-corrected chi connectivity index (χ1v) is 9.39. The number of nitrogens with one attached hydrogen (secondary N) is 3. The number of para-hydroxylation sites is 3. The van der Waals surface area contributed by atoms with Crippen LogP contribution in [0.1, 0.15) is 0 Å². The van der Waals surface area contributed by atoms with E-state index in [4.69, 9.17) is 4.42 Å². The number of hydrogen-bond donors (Lipinski definition) is 3. The summed E-state index contributed by atoms with van der Waals surface area (Å²) in [6, 6.07) is 24.0. The Hall–Kier alpha value is -4.39. The highest BCUT2D eigenvalue weighted by molar-refractivity contribution is 6.00. The molecule has 0 unspecified atom stereocenters. The lowest BCUT2D eigenvalue weighted by molar-refractivity contribution is 0.262. The maximum absolute atomic E-state index is 12.3. The van der Waals surface area contributed by atoms with Crippen molar-refractivity contribution in [3.8, 4) is 22.7 Å². The molecule has 0 radical (unpaired) electrons. The first-order chi connectivity index (χ1) is 14.8. The average Bonchev–Trinajstić information content (AvgIpc) is 3.41. The second-order valence-electron chi connectivity index (χ2n) is 6.67. The highest BCUT2D eigenvalue weighted by Crippen LogP contribution is 2.32. The van der Waals surface area contributed by atoms with Gasteiger partial charge in [-0.2, -0.15) is 5.10 Å². The molecule has 0 bridgehead atoms. The second-order valence-corrected chi connectivity index (χ2v) is 6.67. The molecule has 0 aliphatic rings. The zero-order chi connectivity index (χ0) is 20.3. The summed E-state index contributed by atoms with van der Waals surface area (Å²) in [6.07, 6.45) is 1.68. The zero-order valence-electron chi connectivity index (χ0n) is 15.8. The van der Waals surface area contributed by atoms with Gasteiger partial charge in [-0.05, 0) is 36.4 Å². The lowest BCUT2D eigenvalue weighted by atomic mass is 10.1. The molecule has 3 N–H and O–H groups in total. The first-order valence-electron chi connectivity index (χ1n) is 9.39. The summed E-state index contributed by atoms with van der Waals surface area (Å²) in [5.74, 6) is 0.486. The number of nitrogens with zero attached hydrogens (tertiary/aromatic N) is 2. The van der Waals surface area contributed by atoms with Crippen LogP contribution in [0.3, 0.4) is 0 Å². The number of H-pyrrole nitrogens is 1. The van der Waals surface area contributed by atoms with Gasteiger partial charge in [-0.15, -0.1) is 0 Å². The van der Waals surface area contributed by atoms with Crippen molar-refractivity contribution in [2.75, 3.05) is 10.6 Å². The van der Waals surface area contributed by atoms with Crippen molar-refractivity contribution >= 4 is 28.5 Å². The molecule has 0 atom stereocenters. The van der Waals surface area contributed by atoms with Crippen LogP contribution < -0.4 is 10.6 Å². The SMILES string of the molecule is O=C(Nc1ccccc1)Nc1cccc(-c2[nH]ncc2-c2nc3ccccc3o2)c1. The van der Waals surface area contributed by atoms with E-state index in [9.17, 15) is 4.79 Å². The van der Waals surface area contributed by atoms with E-state index in [1.54, 1.807) is 6.20 Å². The fourth-order valence-corrected chi connectivity index (χ4v) is 3.22. The average molecular weight is 395 g/mol. The van der Waals surface area contributed by atoms with E-state index < -0.39 is 0 Å². The Morgan fingerprint density at radius 3 is 2.50 bits per heavy atom. The zero-order valence-corrected chi connectivity index (χ0v) is 15.8. The summed E-state index contributed by atoms with van der Waals surface area (Å²) in [7, 11) is 0. The van der Waals surface area contributed by atoms with E-state index in [1.165, 1.54) is 0 Å². The molecule has 2 heterocycles. The first kappa shape index (κ1) is 17.7. The number of hydrogen-bond acceptors (Lipinski definition) is 4. The number of aromatic amines is 1. The van der Waals surface area contributed by atoms with Crippen molar-refractivity contribution in [1.29, 1.82) is 0 Å². The Morgan fingerprint density at radius 1 is 0.867 bits per heavy atom. The highest BCUT2D eigenvalue weighted by Gasteiger charge is 2.16. The quantitative estimate of drug-likeness (QED) is 0.373. The summed E-state index contributed by atoms with van der Waals surface area (Å²) in [5.41, 5.74) is 5.23. The third-order valence-corrected chi connectivity index (χ3v) is 4.60. The predicted octanol–water partition coefficient (Wildman–Crippen LogP) is 5.53. The second kappa shape index (κ2) is 7.56. The van der Waals surface area contributed by atoms with E-state index >= 15 is 0 Å². The van der Waals surface area contributed by atoms with Crippen molar-refractivity contribution in [2.24, 2.45) is 0 Å². The smallest absolute Gasteiger partial charge is 0.323 e. The Balaban J connectivity index is 1.41. The van der Waals surface area contributed by atoms with Gasteiger partial charge >= 0.3 is 6.03 Å². The molecule has 2 amide bonds. The van der Waals surface area contributed by atoms with E-state index in [0.717, 1.165) is 28.0 Å². The fraction of sp³-hybridized carbons (Fsp3) is 0. The van der Waals surface area contributed by atoms with Crippen LogP contribution in [0.25, 0.3) is 33.8 Å². The Morgan fingerprint density at radius 2 is 1.63 bits per heavy atom. The van der Waals surface area contributed by atoms with Gasteiger partial charge in [-0.3, -0.25) is 5.10 Å². The maximum atomic E-state index is 12.3. The van der Waals surface area contributed by atoms with Gasteiger partial charge in [0, 0.05) is 16.9 Å². The maximum Gasteiger partial charge on any atom is 0.323 e. The molecule has 3 aromatic carbocycles. The Bertz CT molecular complexity index is 1290. The number of anilines is 2. The third-order valence-electron chi connectivity index (χ3n) is 4.60. The number of fused-ring (bicyclic) bond motifs is 1.